The highest BCUT2D eigenvalue weighted by Crippen LogP contribution is 2.15. The van der Waals surface area contributed by atoms with E-state index in [-0.39, 0.29) is 17.4 Å². The zero-order valence-electron chi connectivity index (χ0n) is 18.3. The van der Waals surface area contributed by atoms with Crippen molar-refractivity contribution in [1.82, 2.24) is 20.0 Å². The summed E-state index contributed by atoms with van der Waals surface area (Å²) >= 11 is 0. The highest BCUT2D eigenvalue weighted by atomic mass is 16.2. The van der Waals surface area contributed by atoms with E-state index in [1.165, 1.54) is 36.2 Å². The number of fused-ring (bicyclic) bond motifs is 1. The molecule has 4 rings (SSSR count). The van der Waals surface area contributed by atoms with Crippen molar-refractivity contribution in [1.29, 1.82) is 0 Å². The number of likely N-dealkylation sites (tertiary alicyclic amines) is 1. The van der Waals surface area contributed by atoms with E-state index < -0.39 is 0 Å². The van der Waals surface area contributed by atoms with Crippen LogP contribution in [0.15, 0.2) is 53.3 Å². The molecule has 2 heterocycles. The molecule has 0 saturated carbocycles. The van der Waals surface area contributed by atoms with Gasteiger partial charge in [0.1, 0.15) is 0 Å². The molecule has 6 heteroatoms. The smallest absolute Gasteiger partial charge is 0.274 e. The predicted octanol–water partition coefficient (Wildman–Crippen LogP) is 3.58. The van der Waals surface area contributed by atoms with Crippen LogP contribution in [0.5, 0.6) is 0 Å². The van der Waals surface area contributed by atoms with Crippen molar-refractivity contribution in [3.8, 4) is 0 Å². The third-order valence-electron chi connectivity index (χ3n) is 5.70. The lowest BCUT2D eigenvalue weighted by molar-refractivity contribution is 0.0945. The Kier molecular flexibility index (Phi) is 6.47. The molecular weight excluding hydrogens is 388 g/mol. The largest absolute Gasteiger partial charge is 0.347 e. The maximum Gasteiger partial charge on any atom is 0.274 e. The van der Waals surface area contributed by atoms with E-state index in [0.29, 0.717) is 29.6 Å². The molecule has 0 spiro atoms. The third kappa shape index (κ3) is 5.02. The summed E-state index contributed by atoms with van der Waals surface area (Å²) in [6.45, 7) is 8.28. The number of nitrogens with one attached hydrogen (secondary N) is 1. The Morgan fingerprint density at radius 1 is 1.00 bits per heavy atom. The van der Waals surface area contributed by atoms with Gasteiger partial charge in [-0.25, -0.2) is 4.68 Å². The summed E-state index contributed by atoms with van der Waals surface area (Å²) < 4.78 is 1.41. The quantitative estimate of drug-likeness (QED) is 0.637. The number of hydrogen-bond acceptors (Lipinski definition) is 4. The van der Waals surface area contributed by atoms with Gasteiger partial charge in [0.05, 0.1) is 5.39 Å². The molecule has 1 saturated heterocycles. The van der Waals surface area contributed by atoms with Crippen LogP contribution in [0, 0.1) is 5.92 Å². The van der Waals surface area contributed by atoms with Crippen LogP contribution >= 0.6 is 0 Å². The van der Waals surface area contributed by atoms with Crippen LogP contribution in [0.3, 0.4) is 0 Å². The van der Waals surface area contributed by atoms with Gasteiger partial charge in [-0.3, -0.25) is 14.5 Å². The molecule has 1 fully saturated rings. The summed E-state index contributed by atoms with van der Waals surface area (Å²) in [7, 11) is 0. The first kappa shape index (κ1) is 21.2. The van der Waals surface area contributed by atoms with Crippen molar-refractivity contribution in [2.45, 2.75) is 46.3 Å². The number of benzene rings is 2. The van der Waals surface area contributed by atoms with Gasteiger partial charge in [0.15, 0.2) is 5.69 Å². The lowest BCUT2D eigenvalue weighted by atomic mass is 10.1. The first-order valence-electron chi connectivity index (χ1n) is 11.1. The molecule has 3 aromatic rings. The molecule has 0 atom stereocenters. The standard InChI is InChI=1S/C25H30N4O2/c1-18(2)16-29-25(31)22-8-4-3-7-21(22)23(27-29)24(30)26-15-19-9-11-20(12-10-19)17-28-13-5-6-14-28/h3-4,7-12,18H,5-6,13-17H2,1-2H3,(H,26,30). The molecule has 1 aliphatic heterocycles. The third-order valence-corrected chi connectivity index (χ3v) is 5.70. The fourth-order valence-electron chi connectivity index (χ4n) is 4.10. The number of rotatable bonds is 7. The van der Waals surface area contributed by atoms with E-state index >= 15 is 0 Å². The zero-order valence-corrected chi connectivity index (χ0v) is 18.3. The Hall–Kier alpha value is -2.99. The Morgan fingerprint density at radius 2 is 1.65 bits per heavy atom. The highest BCUT2D eigenvalue weighted by molar-refractivity contribution is 6.04. The van der Waals surface area contributed by atoms with Crippen molar-refractivity contribution in [3.05, 3.63) is 75.7 Å². The van der Waals surface area contributed by atoms with Gasteiger partial charge in [-0.15, -0.1) is 0 Å². The van der Waals surface area contributed by atoms with E-state index in [9.17, 15) is 9.59 Å². The topological polar surface area (TPSA) is 67.2 Å². The van der Waals surface area contributed by atoms with Gasteiger partial charge in [-0.2, -0.15) is 5.10 Å². The molecule has 0 radical (unpaired) electrons. The molecule has 31 heavy (non-hydrogen) atoms. The number of nitrogens with zero attached hydrogens (tertiary/aromatic N) is 3. The van der Waals surface area contributed by atoms with Crippen LogP contribution in [0.25, 0.3) is 10.8 Å². The average molecular weight is 419 g/mol. The van der Waals surface area contributed by atoms with Gasteiger partial charge in [0.25, 0.3) is 11.5 Å². The molecule has 0 aliphatic carbocycles. The molecular formula is C25H30N4O2. The van der Waals surface area contributed by atoms with Crippen LogP contribution in [0.1, 0.15) is 48.3 Å². The SMILES string of the molecule is CC(C)Cn1nc(C(=O)NCc2ccc(CN3CCCC3)cc2)c2ccccc2c1=O. The van der Waals surface area contributed by atoms with Crippen LogP contribution in [0.2, 0.25) is 0 Å². The second kappa shape index (κ2) is 9.43. The minimum Gasteiger partial charge on any atom is -0.347 e. The predicted molar refractivity (Wildman–Crippen MR) is 123 cm³/mol. The number of hydrogen-bond donors (Lipinski definition) is 1. The van der Waals surface area contributed by atoms with Gasteiger partial charge in [0, 0.05) is 25.0 Å². The lowest BCUT2D eigenvalue weighted by Crippen LogP contribution is -2.31. The van der Waals surface area contributed by atoms with E-state index in [1.54, 1.807) is 12.1 Å². The minimum atomic E-state index is -0.269. The monoisotopic (exact) mass is 418 g/mol. The van der Waals surface area contributed by atoms with Crippen LogP contribution in [-0.4, -0.2) is 33.7 Å². The van der Waals surface area contributed by atoms with Crippen molar-refractivity contribution >= 4 is 16.7 Å². The minimum absolute atomic E-state index is 0.158. The van der Waals surface area contributed by atoms with Gasteiger partial charge in [-0.1, -0.05) is 56.3 Å². The number of aromatic nitrogens is 2. The second-order valence-electron chi connectivity index (χ2n) is 8.76. The Labute approximate surface area is 182 Å². The fourth-order valence-corrected chi connectivity index (χ4v) is 4.10. The normalized spacial score (nSPS) is 14.4. The Morgan fingerprint density at radius 3 is 2.32 bits per heavy atom. The summed E-state index contributed by atoms with van der Waals surface area (Å²) in [4.78, 5) is 28.2. The lowest BCUT2D eigenvalue weighted by Gasteiger charge is -2.15. The molecule has 2 aromatic carbocycles. The summed E-state index contributed by atoms with van der Waals surface area (Å²) in [6.07, 6.45) is 2.58. The van der Waals surface area contributed by atoms with Gasteiger partial charge < -0.3 is 5.32 Å². The van der Waals surface area contributed by atoms with E-state index in [2.05, 4.69) is 39.6 Å². The summed E-state index contributed by atoms with van der Waals surface area (Å²) in [5.41, 5.74) is 2.47. The summed E-state index contributed by atoms with van der Waals surface area (Å²) in [5.74, 6) is -0.0174. The van der Waals surface area contributed by atoms with Crippen LogP contribution < -0.4 is 10.9 Å². The number of carbonyl (C=O) groups is 1. The van der Waals surface area contributed by atoms with E-state index in [4.69, 9.17) is 0 Å². The van der Waals surface area contributed by atoms with Crippen molar-refractivity contribution in [3.63, 3.8) is 0 Å². The van der Waals surface area contributed by atoms with Crippen molar-refractivity contribution in [2.75, 3.05) is 13.1 Å². The van der Waals surface area contributed by atoms with Gasteiger partial charge in [0.2, 0.25) is 0 Å². The molecule has 6 nitrogen and oxygen atoms in total. The molecule has 1 aliphatic rings. The maximum atomic E-state index is 13.0. The van der Waals surface area contributed by atoms with E-state index in [1.807, 2.05) is 26.0 Å². The molecule has 0 bridgehead atoms. The van der Waals surface area contributed by atoms with Crippen LogP contribution in [0.4, 0.5) is 0 Å². The first-order valence-corrected chi connectivity index (χ1v) is 11.1. The van der Waals surface area contributed by atoms with Gasteiger partial charge >= 0.3 is 0 Å². The summed E-state index contributed by atoms with van der Waals surface area (Å²) in [6, 6.07) is 15.6. The number of carbonyl (C=O) groups excluding carboxylic acids is 1. The first-order chi connectivity index (χ1) is 15.0. The summed E-state index contributed by atoms with van der Waals surface area (Å²) in [5, 5.41) is 8.50. The van der Waals surface area contributed by atoms with E-state index in [0.717, 1.165) is 12.1 Å². The molecule has 1 N–H and O–H groups in total. The van der Waals surface area contributed by atoms with Crippen molar-refractivity contribution < 1.29 is 4.79 Å². The Balaban J connectivity index is 1.49. The van der Waals surface area contributed by atoms with Gasteiger partial charge in [-0.05, 0) is 49.0 Å². The number of amides is 1. The fraction of sp³-hybridized carbons (Fsp3) is 0.400. The molecule has 162 valence electrons. The Bertz CT molecular complexity index is 1110. The highest BCUT2D eigenvalue weighted by Gasteiger charge is 2.17. The maximum absolute atomic E-state index is 13.0. The molecule has 0 unspecified atom stereocenters. The molecule has 1 aromatic heterocycles. The second-order valence-corrected chi connectivity index (χ2v) is 8.76. The zero-order chi connectivity index (χ0) is 21.8. The molecule has 1 amide bonds. The van der Waals surface area contributed by atoms with Crippen molar-refractivity contribution in [2.24, 2.45) is 5.92 Å². The average Bonchev–Trinajstić information content (AvgIpc) is 3.28. The van der Waals surface area contributed by atoms with Crippen LogP contribution in [-0.2, 0) is 19.6 Å².